The fraction of sp³-hybridized carbons (Fsp3) is 0.267. The Labute approximate surface area is 116 Å². The average molecular weight is 304 g/mol. The zero-order chi connectivity index (χ0) is 13.1. The molecular formula is C15H17AsO2. The second kappa shape index (κ2) is 5.58. The van der Waals surface area contributed by atoms with Crippen LogP contribution >= 0.6 is 0 Å². The molecule has 0 radical (unpaired) electrons. The van der Waals surface area contributed by atoms with Gasteiger partial charge in [0.1, 0.15) is 0 Å². The van der Waals surface area contributed by atoms with Crippen LogP contribution in [0.25, 0.3) is 10.8 Å². The van der Waals surface area contributed by atoms with Gasteiger partial charge in [-0.25, -0.2) is 0 Å². The van der Waals surface area contributed by atoms with E-state index in [1.165, 1.54) is 27.6 Å². The van der Waals surface area contributed by atoms with Crippen molar-refractivity contribution < 1.29 is 9.90 Å². The van der Waals surface area contributed by atoms with Gasteiger partial charge < -0.3 is 0 Å². The first-order valence-corrected chi connectivity index (χ1v) is 7.51. The van der Waals surface area contributed by atoms with Crippen molar-refractivity contribution in [2.24, 2.45) is 0 Å². The van der Waals surface area contributed by atoms with E-state index in [1.807, 2.05) is 18.2 Å². The van der Waals surface area contributed by atoms with Crippen LogP contribution in [0.4, 0.5) is 0 Å². The van der Waals surface area contributed by atoms with E-state index in [4.69, 9.17) is 0 Å². The van der Waals surface area contributed by atoms with Crippen LogP contribution in [0, 0.1) is 0 Å². The summed E-state index contributed by atoms with van der Waals surface area (Å²) >= 11 is 1.29. The van der Waals surface area contributed by atoms with Gasteiger partial charge in [-0.3, -0.25) is 0 Å². The van der Waals surface area contributed by atoms with E-state index in [1.54, 1.807) is 0 Å². The molecule has 0 saturated heterocycles. The monoisotopic (exact) mass is 304 g/mol. The number of hydrogen-bond acceptors (Lipinski definition) is 1. The molecule has 0 amide bonds. The Hall–Kier alpha value is -1.27. The van der Waals surface area contributed by atoms with Gasteiger partial charge in [0.25, 0.3) is 0 Å². The number of carboxylic acid groups (broad SMARTS) is 1. The quantitative estimate of drug-likeness (QED) is 0.882. The topological polar surface area (TPSA) is 37.3 Å². The molecule has 0 saturated carbocycles. The van der Waals surface area contributed by atoms with Crippen LogP contribution in [-0.4, -0.2) is 27.9 Å². The van der Waals surface area contributed by atoms with E-state index < -0.39 is 5.97 Å². The first-order valence-electron chi connectivity index (χ1n) is 6.11. The average Bonchev–Trinajstić information content (AvgIpc) is 2.39. The fourth-order valence-corrected chi connectivity index (χ4v) is 3.42. The van der Waals surface area contributed by atoms with Gasteiger partial charge in [0.15, 0.2) is 0 Å². The van der Waals surface area contributed by atoms with E-state index in [0.717, 1.165) is 12.0 Å². The predicted molar refractivity (Wildman–Crippen MR) is 76.9 cm³/mol. The summed E-state index contributed by atoms with van der Waals surface area (Å²) in [7, 11) is 0. The van der Waals surface area contributed by atoms with Gasteiger partial charge in [0, 0.05) is 0 Å². The molecule has 0 aliphatic carbocycles. The molecule has 3 heteroatoms. The number of benzene rings is 2. The molecule has 2 nitrogen and oxygen atoms in total. The second-order valence-electron chi connectivity index (χ2n) is 4.45. The molecule has 3 unspecified atom stereocenters. The van der Waals surface area contributed by atoms with Crippen LogP contribution < -0.4 is 0 Å². The van der Waals surface area contributed by atoms with Crippen LogP contribution in [0.1, 0.15) is 24.8 Å². The number of hydrogen-bond donors (Lipinski definition) is 1. The summed E-state index contributed by atoms with van der Waals surface area (Å²) < 4.78 is -0.298. The van der Waals surface area contributed by atoms with Gasteiger partial charge in [0.05, 0.1) is 0 Å². The molecule has 0 spiro atoms. The normalized spacial score (nSPS) is 14.3. The molecule has 0 aliphatic rings. The van der Waals surface area contributed by atoms with Gasteiger partial charge in [-0.15, -0.1) is 0 Å². The van der Waals surface area contributed by atoms with Crippen molar-refractivity contribution in [3.63, 3.8) is 0 Å². The summed E-state index contributed by atoms with van der Waals surface area (Å²) in [5.74, 6) is -0.608. The maximum atomic E-state index is 11.2. The van der Waals surface area contributed by atoms with Crippen LogP contribution in [-0.2, 0) is 4.79 Å². The molecule has 2 aromatic carbocycles. The zero-order valence-electron chi connectivity index (χ0n) is 10.3. The van der Waals surface area contributed by atoms with Crippen molar-refractivity contribution >= 4 is 33.6 Å². The minimum absolute atomic E-state index is 0.0913. The molecule has 94 valence electrons. The van der Waals surface area contributed by atoms with Crippen molar-refractivity contribution in [1.29, 1.82) is 0 Å². The Morgan fingerprint density at radius 3 is 2.56 bits per heavy atom. The molecule has 3 atom stereocenters. The van der Waals surface area contributed by atoms with Gasteiger partial charge in [-0.05, 0) is 0 Å². The van der Waals surface area contributed by atoms with E-state index >= 15 is 0 Å². The third-order valence-corrected chi connectivity index (χ3v) is 4.95. The molecule has 0 fully saturated rings. The van der Waals surface area contributed by atoms with Gasteiger partial charge >= 0.3 is 115 Å². The summed E-state index contributed by atoms with van der Waals surface area (Å²) in [6.45, 7) is 2.06. The second-order valence-corrected chi connectivity index (χ2v) is 5.95. The Balaban J connectivity index is 2.55. The number of rotatable bonds is 4. The van der Waals surface area contributed by atoms with E-state index in [0.29, 0.717) is 0 Å². The predicted octanol–water partition coefficient (Wildman–Crippen LogP) is 2.84. The summed E-state index contributed by atoms with van der Waals surface area (Å²) in [6.07, 6.45) is 0.850. The Bertz CT molecular complexity index is 560. The number of fused-ring (bicyclic) bond motifs is 1. The molecule has 1 N–H and O–H groups in total. The maximum absolute atomic E-state index is 11.2. The first-order chi connectivity index (χ1) is 8.65. The number of carboxylic acids is 1. The standard InChI is InChI=1S/C15H17AsO2/c1-2-11(14(16)15(17)18)13-9-5-7-10-6-3-4-8-12(10)13/h3-9,11,14H,2,16H2,1H3,(H,17,18). The molecule has 2 rings (SSSR count). The summed E-state index contributed by atoms with van der Waals surface area (Å²) in [5, 5.41) is 11.6. The fourth-order valence-electron chi connectivity index (χ4n) is 2.41. The van der Waals surface area contributed by atoms with E-state index in [-0.39, 0.29) is 10.6 Å². The van der Waals surface area contributed by atoms with Crippen molar-refractivity contribution in [2.75, 3.05) is 0 Å². The molecule has 0 bridgehead atoms. The summed E-state index contributed by atoms with van der Waals surface area (Å²) in [5.41, 5.74) is 1.16. The minimum atomic E-state index is -0.699. The SMILES string of the molecule is CCC(c1cccc2ccccc12)C([AsH2])C(=O)O. The van der Waals surface area contributed by atoms with Crippen LogP contribution in [0.2, 0.25) is 4.71 Å². The zero-order valence-corrected chi connectivity index (χ0v) is 12.8. The molecule has 0 aliphatic heterocycles. The third kappa shape index (κ3) is 2.44. The molecule has 0 heterocycles. The summed E-state index contributed by atoms with van der Waals surface area (Å²) in [4.78, 5) is 11.2. The van der Waals surface area contributed by atoms with Crippen LogP contribution in [0.3, 0.4) is 0 Å². The Morgan fingerprint density at radius 2 is 1.89 bits per heavy atom. The van der Waals surface area contributed by atoms with Crippen molar-refractivity contribution in [3.8, 4) is 0 Å². The van der Waals surface area contributed by atoms with Crippen molar-refractivity contribution in [3.05, 3.63) is 48.0 Å². The molecule has 18 heavy (non-hydrogen) atoms. The van der Waals surface area contributed by atoms with Gasteiger partial charge in [0.2, 0.25) is 0 Å². The Morgan fingerprint density at radius 1 is 1.22 bits per heavy atom. The number of aliphatic carboxylic acids is 1. The molecule has 0 aromatic heterocycles. The third-order valence-electron chi connectivity index (χ3n) is 3.38. The Kier molecular flexibility index (Phi) is 4.08. The van der Waals surface area contributed by atoms with Gasteiger partial charge in [-0.1, -0.05) is 0 Å². The van der Waals surface area contributed by atoms with Gasteiger partial charge in [-0.2, -0.15) is 0 Å². The summed E-state index contributed by atoms with van der Waals surface area (Å²) in [6, 6.07) is 14.3. The van der Waals surface area contributed by atoms with Crippen LogP contribution in [0.5, 0.6) is 0 Å². The van der Waals surface area contributed by atoms with Crippen LogP contribution in [0.15, 0.2) is 42.5 Å². The first kappa shape index (κ1) is 13.2. The van der Waals surface area contributed by atoms with Crippen molar-refractivity contribution in [2.45, 2.75) is 24.0 Å². The van der Waals surface area contributed by atoms with E-state index in [2.05, 4.69) is 31.2 Å². The van der Waals surface area contributed by atoms with E-state index in [9.17, 15) is 9.90 Å². The number of carbonyl (C=O) groups is 1. The van der Waals surface area contributed by atoms with Crippen molar-refractivity contribution in [1.82, 2.24) is 0 Å². The molecule has 2 aromatic rings. The molecular weight excluding hydrogens is 287 g/mol.